The molecule has 2 aliphatic rings. The summed E-state index contributed by atoms with van der Waals surface area (Å²) in [6.45, 7) is 17.2. The lowest BCUT2D eigenvalue weighted by Crippen LogP contribution is -2.42. The minimum atomic E-state index is 0.0571. The topological polar surface area (TPSA) is 50.6 Å². The van der Waals surface area contributed by atoms with Crippen molar-refractivity contribution in [3.8, 4) is 0 Å². The standard InChI is InChI=1S/C22H34N4O2/c1-5-9-24(10-6-2)18-7-8-20-19(15-18)21(23-26(20)16-17(3)4)22(27)25-11-13-28-14-12-25/h5-6,17-18H,1-2,7-16H2,3-4H3. The van der Waals surface area contributed by atoms with Crippen molar-refractivity contribution in [2.75, 3.05) is 39.4 Å². The first-order chi connectivity index (χ1) is 13.5. The maximum absolute atomic E-state index is 13.2. The van der Waals surface area contributed by atoms with E-state index in [0.717, 1.165) is 44.5 Å². The van der Waals surface area contributed by atoms with Crippen LogP contribution in [-0.4, -0.2) is 70.9 Å². The van der Waals surface area contributed by atoms with E-state index in [1.807, 2.05) is 17.1 Å². The lowest BCUT2D eigenvalue weighted by Gasteiger charge is -2.33. The highest BCUT2D eigenvalue weighted by molar-refractivity contribution is 5.94. The van der Waals surface area contributed by atoms with E-state index >= 15 is 0 Å². The van der Waals surface area contributed by atoms with E-state index in [1.54, 1.807) is 0 Å². The van der Waals surface area contributed by atoms with Gasteiger partial charge in [-0.3, -0.25) is 14.4 Å². The van der Waals surface area contributed by atoms with E-state index in [-0.39, 0.29) is 5.91 Å². The molecule has 28 heavy (non-hydrogen) atoms. The maximum Gasteiger partial charge on any atom is 0.274 e. The quantitative estimate of drug-likeness (QED) is 0.645. The fourth-order valence-corrected chi connectivity index (χ4v) is 4.27. The van der Waals surface area contributed by atoms with Crippen LogP contribution in [0, 0.1) is 5.92 Å². The van der Waals surface area contributed by atoms with Crippen LogP contribution in [0.2, 0.25) is 0 Å². The van der Waals surface area contributed by atoms with Gasteiger partial charge >= 0.3 is 0 Å². The highest BCUT2D eigenvalue weighted by Gasteiger charge is 2.33. The molecule has 6 nitrogen and oxygen atoms in total. The van der Waals surface area contributed by atoms with Crippen LogP contribution < -0.4 is 0 Å². The summed E-state index contributed by atoms with van der Waals surface area (Å²) in [6, 6.07) is 0.386. The zero-order valence-electron chi connectivity index (χ0n) is 17.4. The second-order valence-electron chi connectivity index (χ2n) is 8.18. The van der Waals surface area contributed by atoms with Gasteiger partial charge in [-0.25, -0.2) is 0 Å². The second kappa shape index (κ2) is 9.52. The van der Waals surface area contributed by atoms with E-state index in [9.17, 15) is 4.79 Å². The molecule has 1 unspecified atom stereocenters. The van der Waals surface area contributed by atoms with Gasteiger partial charge in [0.05, 0.1) is 13.2 Å². The molecule has 0 N–H and O–H groups in total. The Labute approximate surface area is 168 Å². The minimum Gasteiger partial charge on any atom is -0.378 e. The molecule has 1 saturated heterocycles. The van der Waals surface area contributed by atoms with Gasteiger partial charge < -0.3 is 9.64 Å². The first kappa shape index (κ1) is 20.8. The van der Waals surface area contributed by atoms with Crippen molar-refractivity contribution in [2.24, 2.45) is 5.92 Å². The monoisotopic (exact) mass is 386 g/mol. The Morgan fingerprint density at radius 2 is 1.96 bits per heavy atom. The third-order valence-corrected chi connectivity index (χ3v) is 5.60. The first-order valence-corrected chi connectivity index (χ1v) is 10.5. The maximum atomic E-state index is 13.2. The molecule has 0 aromatic carbocycles. The van der Waals surface area contributed by atoms with Crippen LogP contribution in [0.5, 0.6) is 0 Å². The molecule has 1 aromatic heterocycles. The minimum absolute atomic E-state index is 0.0571. The zero-order chi connectivity index (χ0) is 20.1. The van der Waals surface area contributed by atoms with Gasteiger partial charge in [-0.2, -0.15) is 5.10 Å². The van der Waals surface area contributed by atoms with Gasteiger partial charge in [-0.05, 0) is 25.2 Å². The van der Waals surface area contributed by atoms with Crippen LogP contribution in [0.4, 0.5) is 0 Å². The number of rotatable bonds is 8. The Kier molecular flexibility index (Phi) is 7.08. The van der Waals surface area contributed by atoms with Gasteiger partial charge in [0, 0.05) is 50.0 Å². The average molecular weight is 387 g/mol. The lowest BCUT2D eigenvalue weighted by atomic mass is 9.89. The molecule has 1 amide bonds. The lowest BCUT2D eigenvalue weighted by molar-refractivity contribution is 0.0297. The number of fused-ring (bicyclic) bond motifs is 1. The summed E-state index contributed by atoms with van der Waals surface area (Å²) in [6.07, 6.45) is 6.78. The van der Waals surface area contributed by atoms with Crippen molar-refractivity contribution in [1.82, 2.24) is 19.6 Å². The van der Waals surface area contributed by atoms with Crippen molar-refractivity contribution in [1.29, 1.82) is 0 Å². The van der Waals surface area contributed by atoms with Gasteiger partial charge in [0.15, 0.2) is 5.69 Å². The molecule has 3 rings (SSSR count). The molecule has 154 valence electrons. The Balaban J connectivity index is 1.90. The highest BCUT2D eigenvalue weighted by Crippen LogP contribution is 2.29. The Hall–Kier alpha value is -1.92. The molecular formula is C22H34N4O2. The van der Waals surface area contributed by atoms with Gasteiger partial charge in [0.25, 0.3) is 5.91 Å². The molecule has 1 atom stereocenters. The summed E-state index contributed by atoms with van der Waals surface area (Å²) in [7, 11) is 0. The predicted octanol–water partition coefficient (Wildman–Crippen LogP) is 2.54. The number of hydrogen-bond acceptors (Lipinski definition) is 4. The van der Waals surface area contributed by atoms with Crippen LogP contribution in [0.15, 0.2) is 25.3 Å². The number of carbonyl (C=O) groups excluding carboxylic acids is 1. The zero-order valence-corrected chi connectivity index (χ0v) is 17.4. The van der Waals surface area contributed by atoms with Crippen molar-refractivity contribution in [3.63, 3.8) is 0 Å². The van der Waals surface area contributed by atoms with Crippen molar-refractivity contribution in [2.45, 2.75) is 45.7 Å². The van der Waals surface area contributed by atoms with Crippen LogP contribution in [0.3, 0.4) is 0 Å². The van der Waals surface area contributed by atoms with Crippen molar-refractivity contribution in [3.05, 3.63) is 42.3 Å². The smallest absolute Gasteiger partial charge is 0.274 e. The van der Waals surface area contributed by atoms with Gasteiger partial charge in [-0.15, -0.1) is 13.2 Å². The summed E-state index contributed by atoms with van der Waals surface area (Å²) in [5, 5.41) is 4.82. The van der Waals surface area contributed by atoms with E-state index in [4.69, 9.17) is 9.84 Å². The van der Waals surface area contributed by atoms with Gasteiger partial charge in [0.2, 0.25) is 0 Å². The largest absolute Gasteiger partial charge is 0.378 e. The van der Waals surface area contributed by atoms with Crippen LogP contribution in [0.25, 0.3) is 0 Å². The van der Waals surface area contributed by atoms with E-state index in [1.165, 1.54) is 5.69 Å². The fraction of sp³-hybridized carbons (Fsp3) is 0.636. The summed E-state index contributed by atoms with van der Waals surface area (Å²) in [4.78, 5) is 17.5. The number of carbonyl (C=O) groups is 1. The number of nitrogens with zero attached hydrogens (tertiary/aromatic N) is 4. The van der Waals surface area contributed by atoms with Crippen LogP contribution >= 0.6 is 0 Å². The molecule has 0 bridgehead atoms. The highest BCUT2D eigenvalue weighted by atomic mass is 16.5. The van der Waals surface area contributed by atoms with E-state index in [2.05, 4.69) is 36.6 Å². The molecule has 2 heterocycles. The summed E-state index contributed by atoms with van der Waals surface area (Å²) in [5.41, 5.74) is 3.05. The SMILES string of the molecule is C=CCN(CC=C)C1CCc2c(c(C(=O)N3CCOCC3)nn2CC(C)C)C1. The van der Waals surface area contributed by atoms with E-state index in [0.29, 0.717) is 44.0 Å². The second-order valence-corrected chi connectivity index (χ2v) is 8.18. The molecule has 0 radical (unpaired) electrons. The van der Waals surface area contributed by atoms with Gasteiger partial charge in [-0.1, -0.05) is 26.0 Å². The third-order valence-electron chi connectivity index (χ3n) is 5.60. The third kappa shape index (κ3) is 4.55. The van der Waals surface area contributed by atoms with E-state index < -0.39 is 0 Å². The molecule has 1 aliphatic carbocycles. The molecular weight excluding hydrogens is 352 g/mol. The normalized spacial score (nSPS) is 19.7. The number of hydrogen-bond donors (Lipinski definition) is 0. The summed E-state index contributed by atoms with van der Waals surface area (Å²) >= 11 is 0. The van der Waals surface area contributed by atoms with Crippen molar-refractivity contribution < 1.29 is 9.53 Å². The summed E-state index contributed by atoms with van der Waals surface area (Å²) in [5.74, 6) is 0.549. The molecule has 1 aromatic rings. The van der Waals surface area contributed by atoms with Crippen molar-refractivity contribution >= 4 is 5.91 Å². The molecule has 1 fully saturated rings. The number of amides is 1. The van der Waals surface area contributed by atoms with Gasteiger partial charge in [0.1, 0.15) is 0 Å². The summed E-state index contributed by atoms with van der Waals surface area (Å²) < 4.78 is 7.51. The number of ether oxygens (including phenoxy) is 1. The Morgan fingerprint density at radius 3 is 2.57 bits per heavy atom. The predicted molar refractivity (Wildman–Crippen MR) is 112 cm³/mol. The molecule has 0 spiro atoms. The fourth-order valence-electron chi connectivity index (χ4n) is 4.27. The average Bonchev–Trinajstić information content (AvgIpc) is 3.05. The molecule has 1 aliphatic heterocycles. The number of morpholine rings is 1. The Morgan fingerprint density at radius 1 is 1.29 bits per heavy atom. The molecule has 6 heteroatoms. The Bertz CT molecular complexity index is 694. The van der Waals surface area contributed by atoms with Crippen LogP contribution in [-0.2, 0) is 24.1 Å². The molecule has 0 saturated carbocycles. The van der Waals surface area contributed by atoms with Crippen LogP contribution in [0.1, 0.15) is 42.0 Å². The first-order valence-electron chi connectivity index (χ1n) is 10.5. The number of aromatic nitrogens is 2.